The highest BCUT2D eigenvalue weighted by Gasteiger charge is 2.14. The van der Waals surface area contributed by atoms with Gasteiger partial charge in [0.25, 0.3) is 0 Å². The lowest BCUT2D eigenvalue weighted by Crippen LogP contribution is -2.28. The number of ether oxygens (including phenoxy) is 2. The molecule has 0 saturated carbocycles. The molecule has 114 valence electrons. The third kappa shape index (κ3) is 3.11. The monoisotopic (exact) mass is 302 g/mol. The number of hydrogen-bond donors (Lipinski definition) is 2. The number of urea groups is 1. The van der Waals surface area contributed by atoms with Crippen molar-refractivity contribution in [1.29, 1.82) is 0 Å². The molecule has 1 aliphatic rings. The van der Waals surface area contributed by atoms with Crippen LogP contribution in [0.1, 0.15) is 11.1 Å². The highest BCUT2D eigenvalue weighted by Crippen LogP contribution is 2.34. The number of carbonyl (C=O) groups is 1. The van der Waals surface area contributed by atoms with Crippen molar-refractivity contribution < 1.29 is 18.7 Å². The summed E-state index contributed by atoms with van der Waals surface area (Å²) in [4.78, 5) is 11.8. The first-order valence-corrected chi connectivity index (χ1v) is 6.81. The summed E-state index contributed by atoms with van der Waals surface area (Å²) in [6, 6.07) is 9.64. The number of carbonyl (C=O) groups excluding carboxylic acids is 1. The third-order valence-electron chi connectivity index (χ3n) is 3.32. The van der Waals surface area contributed by atoms with Gasteiger partial charge in [0.1, 0.15) is 5.82 Å². The van der Waals surface area contributed by atoms with Gasteiger partial charge in [0.15, 0.2) is 11.5 Å². The second-order valence-corrected chi connectivity index (χ2v) is 4.96. The zero-order valence-corrected chi connectivity index (χ0v) is 12.0. The minimum absolute atomic E-state index is 0.184. The van der Waals surface area contributed by atoms with Crippen LogP contribution in [0, 0.1) is 12.7 Å². The van der Waals surface area contributed by atoms with Gasteiger partial charge in [-0.15, -0.1) is 0 Å². The van der Waals surface area contributed by atoms with E-state index in [0.717, 1.165) is 0 Å². The van der Waals surface area contributed by atoms with Crippen LogP contribution in [0.15, 0.2) is 36.4 Å². The summed E-state index contributed by atoms with van der Waals surface area (Å²) in [6.07, 6.45) is 0. The molecule has 22 heavy (non-hydrogen) atoms. The maximum Gasteiger partial charge on any atom is 0.319 e. The third-order valence-corrected chi connectivity index (χ3v) is 3.32. The molecule has 1 aliphatic heterocycles. The van der Waals surface area contributed by atoms with Crippen LogP contribution in [-0.4, -0.2) is 12.8 Å². The van der Waals surface area contributed by atoms with E-state index in [1.54, 1.807) is 37.3 Å². The molecule has 0 aliphatic carbocycles. The molecule has 0 spiro atoms. The van der Waals surface area contributed by atoms with Gasteiger partial charge in [0.2, 0.25) is 6.79 Å². The zero-order valence-electron chi connectivity index (χ0n) is 12.0. The molecule has 2 amide bonds. The average molecular weight is 302 g/mol. The van der Waals surface area contributed by atoms with Crippen molar-refractivity contribution in [2.24, 2.45) is 0 Å². The van der Waals surface area contributed by atoms with E-state index in [9.17, 15) is 9.18 Å². The quantitative estimate of drug-likeness (QED) is 0.915. The summed E-state index contributed by atoms with van der Waals surface area (Å²) in [5, 5.41) is 5.36. The van der Waals surface area contributed by atoms with Crippen LogP contribution >= 0.6 is 0 Å². The Bertz CT molecular complexity index is 719. The fourth-order valence-electron chi connectivity index (χ4n) is 2.08. The van der Waals surface area contributed by atoms with Crippen LogP contribution < -0.4 is 20.1 Å². The van der Waals surface area contributed by atoms with Crippen LogP contribution in [0.3, 0.4) is 0 Å². The van der Waals surface area contributed by atoms with Crippen LogP contribution in [0.2, 0.25) is 0 Å². The summed E-state index contributed by atoms with van der Waals surface area (Å²) in [6.45, 7) is 2.12. The maximum absolute atomic E-state index is 13.4. The van der Waals surface area contributed by atoms with Gasteiger partial charge in [-0.05, 0) is 36.2 Å². The Morgan fingerprint density at radius 3 is 2.82 bits per heavy atom. The second-order valence-electron chi connectivity index (χ2n) is 4.96. The predicted octanol–water partition coefficient (Wildman–Crippen LogP) is 3.18. The first kappa shape index (κ1) is 14.2. The van der Waals surface area contributed by atoms with Crippen molar-refractivity contribution >= 4 is 11.7 Å². The average Bonchev–Trinajstić information content (AvgIpc) is 2.96. The Hall–Kier alpha value is -2.76. The summed E-state index contributed by atoms with van der Waals surface area (Å²) in [5.74, 6) is 0.968. The van der Waals surface area contributed by atoms with Crippen molar-refractivity contribution in [1.82, 2.24) is 5.32 Å². The number of hydrogen-bond acceptors (Lipinski definition) is 3. The zero-order chi connectivity index (χ0) is 15.5. The Morgan fingerprint density at radius 2 is 2.00 bits per heavy atom. The van der Waals surface area contributed by atoms with Crippen molar-refractivity contribution in [3.63, 3.8) is 0 Å². The Kier molecular flexibility index (Phi) is 3.82. The molecule has 0 saturated heterocycles. The first-order valence-electron chi connectivity index (χ1n) is 6.81. The van der Waals surface area contributed by atoms with Gasteiger partial charge in [-0.2, -0.15) is 0 Å². The highest BCUT2D eigenvalue weighted by molar-refractivity contribution is 5.89. The topological polar surface area (TPSA) is 59.6 Å². The molecule has 0 atom stereocenters. The molecule has 2 aromatic rings. The molecular formula is C16H15FN2O3. The van der Waals surface area contributed by atoms with E-state index in [2.05, 4.69) is 10.6 Å². The van der Waals surface area contributed by atoms with Gasteiger partial charge < -0.3 is 20.1 Å². The number of rotatable bonds is 3. The van der Waals surface area contributed by atoms with E-state index in [1.165, 1.54) is 6.07 Å². The highest BCUT2D eigenvalue weighted by atomic mass is 19.1. The molecule has 0 bridgehead atoms. The summed E-state index contributed by atoms with van der Waals surface area (Å²) >= 11 is 0. The van der Waals surface area contributed by atoms with Crippen molar-refractivity contribution in [3.05, 3.63) is 53.3 Å². The smallest absolute Gasteiger partial charge is 0.319 e. The van der Waals surface area contributed by atoms with Crippen molar-refractivity contribution in [2.75, 3.05) is 12.1 Å². The molecule has 0 radical (unpaired) electrons. The van der Waals surface area contributed by atoms with E-state index in [1.807, 2.05) is 0 Å². The lowest BCUT2D eigenvalue weighted by Gasteiger charge is -2.09. The van der Waals surface area contributed by atoms with Gasteiger partial charge in [0.05, 0.1) is 0 Å². The number of fused-ring (bicyclic) bond motifs is 1. The maximum atomic E-state index is 13.4. The van der Waals surface area contributed by atoms with E-state index >= 15 is 0 Å². The summed E-state index contributed by atoms with van der Waals surface area (Å²) in [5.41, 5.74) is 1.87. The van der Waals surface area contributed by atoms with Crippen molar-refractivity contribution in [3.8, 4) is 11.5 Å². The molecule has 5 nitrogen and oxygen atoms in total. The molecule has 2 aromatic carbocycles. The summed E-state index contributed by atoms with van der Waals surface area (Å²) < 4.78 is 23.9. The van der Waals surface area contributed by atoms with Gasteiger partial charge in [-0.1, -0.05) is 12.1 Å². The number of amides is 2. The van der Waals surface area contributed by atoms with Gasteiger partial charge in [-0.25, -0.2) is 9.18 Å². The number of aryl methyl sites for hydroxylation is 1. The Balaban J connectivity index is 1.57. The molecule has 0 fully saturated rings. The molecule has 0 unspecified atom stereocenters. The molecule has 3 rings (SSSR count). The lowest BCUT2D eigenvalue weighted by atomic mass is 10.1. The molecular weight excluding hydrogens is 287 g/mol. The predicted molar refractivity (Wildman–Crippen MR) is 79.6 cm³/mol. The largest absolute Gasteiger partial charge is 0.454 e. The lowest BCUT2D eigenvalue weighted by molar-refractivity contribution is 0.174. The van der Waals surface area contributed by atoms with Gasteiger partial charge >= 0.3 is 6.03 Å². The van der Waals surface area contributed by atoms with Crippen molar-refractivity contribution in [2.45, 2.75) is 13.5 Å². The molecule has 0 aromatic heterocycles. The Morgan fingerprint density at radius 1 is 1.18 bits per heavy atom. The van der Waals surface area contributed by atoms with Crippen LogP contribution in [0.25, 0.3) is 0 Å². The van der Waals surface area contributed by atoms with Gasteiger partial charge in [0, 0.05) is 18.3 Å². The van der Waals surface area contributed by atoms with E-state index < -0.39 is 0 Å². The van der Waals surface area contributed by atoms with E-state index in [0.29, 0.717) is 28.3 Å². The summed E-state index contributed by atoms with van der Waals surface area (Å²) in [7, 11) is 0. The fraction of sp³-hybridized carbons (Fsp3) is 0.188. The van der Waals surface area contributed by atoms with Crippen LogP contribution in [0.5, 0.6) is 11.5 Å². The normalized spacial score (nSPS) is 12.1. The first-order chi connectivity index (χ1) is 10.6. The second kappa shape index (κ2) is 5.93. The minimum Gasteiger partial charge on any atom is -0.454 e. The van der Waals surface area contributed by atoms with Crippen LogP contribution in [0.4, 0.5) is 14.9 Å². The van der Waals surface area contributed by atoms with Gasteiger partial charge in [-0.3, -0.25) is 0 Å². The molecule has 1 heterocycles. The minimum atomic E-state index is -0.375. The Labute approximate surface area is 127 Å². The molecule has 6 heteroatoms. The van der Waals surface area contributed by atoms with E-state index in [-0.39, 0.29) is 25.2 Å². The SMILES string of the molecule is Cc1ccc(CNC(=O)Nc2ccc3c(c2)OCO3)cc1F. The number of anilines is 1. The number of halogens is 1. The molecule has 2 N–H and O–H groups in total. The van der Waals surface area contributed by atoms with Crippen LogP contribution in [-0.2, 0) is 6.54 Å². The standard InChI is InChI=1S/C16H15FN2O3/c1-10-2-3-11(6-13(10)17)8-18-16(20)19-12-4-5-14-15(7-12)22-9-21-14/h2-7H,8-9H2,1H3,(H2,18,19,20). The fourth-order valence-corrected chi connectivity index (χ4v) is 2.08. The number of nitrogens with one attached hydrogen (secondary N) is 2. The van der Waals surface area contributed by atoms with E-state index in [4.69, 9.17) is 9.47 Å². The number of benzene rings is 2.